The van der Waals surface area contributed by atoms with E-state index in [0.29, 0.717) is 0 Å². The van der Waals surface area contributed by atoms with E-state index < -0.39 is 34.9 Å². The first-order valence-corrected chi connectivity index (χ1v) is 4.39. The van der Waals surface area contributed by atoms with Crippen LogP contribution in [0.2, 0.25) is 0 Å². The highest BCUT2D eigenvalue weighted by atomic mass is 35.5. The van der Waals surface area contributed by atoms with Crippen molar-refractivity contribution >= 4 is 22.7 Å². The van der Waals surface area contributed by atoms with Crippen molar-refractivity contribution in [3.05, 3.63) is 23.8 Å². The molecule has 0 spiro atoms. The summed E-state index contributed by atoms with van der Waals surface area (Å²) in [5.41, 5.74) is -1.79. The Bertz CT molecular complexity index is 358. The third kappa shape index (κ3) is 4.06. The van der Waals surface area contributed by atoms with E-state index in [-0.39, 0.29) is 0 Å². The maximum Gasteiger partial charge on any atom is 0.419 e. The first-order valence-electron chi connectivity index (χ1n) is 4.01. The van der Waals surface area contributed by atoms with Crippen LogP contribution >= 0.6 is 11.6 Å². The molecule has 0 amide bonds. The highest BCUT2D eigenvalue weighted by Gasteiger charge is 2.38. The number of alkyl halides is 3. The summed E-state index contributed by atoms with van der Waals surface area (Å²) >= 11 is 5.30. The van der Waals surface area contributed by atoms with Crippen LogP contribution in [0.25, 0.3) is 0 Å². The van der Waals surface area contributed by atoms with E-state index in [1.165, 1.54) is 0 Å². The van der Waals surface area contributed by atoms with Gasteiger partial charge in [-0.05, 0) is 5.57 Å². The van der Waals surface area contributed by atoms with Crippen LogP contribution in [0, 0.1) is 0 Å². The molecule has 0 radical (unpaired) electrons. The molecule has 0 saturated carbocycles. The van der Waals surface area contributed by atoms with Gasteiger partial charge in [0.25, 0.3) is 0 Å². The maximum absolute atomic E-state index is 12.6. The lowest BCUT2D eigenvalue weighted by Crippen LogP contribution is -2.20. The third-order valence-corrected chi connectivity index (χ3v) is 1.95. The van der Waals surface area contributed by atoms with E-state index in [2.05, 4.69) is 11.6 Å². The highest BCUT2D eigenvalue weighted by molar-refractivity contribution is 6.69. The molecule has 0 aliphatic rings. The third-order valence-electron chi connectivity index (χ3n) is 1.60. The summed E-state index contributed by atoms with van der Waals surface area (Å²) in [6, 6.07) is 0. The molecule has 7 heteroatoms. The molecule has 0 aromatic heterocycles. The van der Waals surface area contributed by atoms with Gasteiger partial charge in [-0.1, -0.05) is 24.3 Å². The fourth-order valence-corrected chi connectivity index (χ4v) is 1.20. The minimum absolute atomic E-state index is 0.518. The topological polar surface area (TPSA) is 49.7 Å². The number of carboxylic acids is 1. The number of aliphatic imine (C=N–C) groups is 1. The van der Waals surface area contributed by atoms with Crippen LogP contribution in [0.3, 0.4) is 0 Å². The number of halogens is 4. The van der Waals surface area contributed by atoms with Crippen LogP contribution in [0.15, 0.2) is 28.8 Å². The molecule has 0 unspecified atom stereocenters. The van der Waals surface area contributed by atoms with Crippen LogP contribution < -0.4 is 0 Å². The van der Waals surface area contributed by atoms with Gasteiger partial charge in [-0.2, -0.15) is 13.2 Å². The summed E-state index contributed by atoms with van der Waals surface area (Å²) in [7, 11) is 1.08. The number of rotatable bonds is 4. The van der Waals surface area contributed by atoms with Gasteiger partial charge >= 0.3 is 12.1 Å². The van der Waals surface area contributed by atoms with Crippen molar-refractivity contribution < 1.29 is 23.1 Å². The predicted molar refractivity (Wildman–Crippen MR) is 54.7 cm³/mol. The quantitative estimate of drug-likeness (QED) is 0.620. The molecule has 1 N–H and O–H groups in total. The summed E-state index contributed by atoms with van der Waals surface area (Å²) in [5.74, 6) is -1.41. The van der Waals surface area contributed by atoms with Crippen molar-refractivity contribution in [2.75, 3.05) is 7.05 Å². The first kappa shape index (κ1) is 14.7. The SMILES string of the molecule is C=C/C(CC(=O)O)=C(\C(Cl)=NC)C(F)(F)F. The molecule has 0 aromatic carbocycles. The van der Waals surface area contributed by atoms with Gasteiger partial charge in [0.05, 0.1) is 12.0 Å². The van der Waals surface area contributed by atoms with E-state index in [1.807, 2.05) is 0 Å². The summed E-state index contributed by atoms with van der Waals surface area (Å²) in [6.07, 6.45) is -4.77. The van der Waals surface area contributed by atoms with Crippen LogP contribution in [-0.4, -0.2) is 29.5 Å². The van der Waals surface area contributed by atoms with Crippen LogP contribution in [0.4, 0.5) is 13.2 Å². The van der Waals surface area contributed by atoms with E-state index in [9.17, 15) is 18.0 Å². The van der Waals surface area contributed by atoms with Crippen molar-refractivity contribution in [2.24, 2.45) is 4.99 Å². The van der Waals surface area contributed by atoms with E-state index in [1.54, 1.807) is 0 Å². The van der Waals surface area contributed by atoms with Gasteiger partial charge in [0, 0.05) is 7.05 Å². The summed E-state index contributed by atoms with van der Waals surface area (Å²) in [5, 5.41) is 7.66. The Morgan fingerprint density at radius 1 is 1.56 bits per heavy atom. The molecule has 0 rings (SSSR count). The molecule has 0 aliphatic carbocycles. The molecule has 0 aliphatic heterocycles. The minimum Gasteiger partial charge on any atom is -0.481 e. The van der Waals surface area contributed by atoms with Gasteiger partial charge in [0.2, 0.25) is 0 Å². The Labute approximate surface area is 94.9 Å². The summed E-state index contributed by atoms with van der Waals surface area (Å²) in [6.45, 7) is 3.13. The molecular weight excluding hydrogens is 247 g/mol. The maximum atomic E-state index is 12.6. The Balaban J connectivity index is 5.67. The Morgan fingerprint density at radius 2 is 2.06 bits per heavy atom. The monoisotopic (exact) mass is 255 g/mol. The fraction of sp³-hybridized carbons (Fsp3) is 0.333. The molecule has 90 valence electrons. The van der Waals surface area contributed by atoms with E-state index in [4.69, 9.17) is 16.7 Å². The molecule has 0 heterocycles. The van der Waals surface area contributed by atoms with Gasteiger partial charge in [-0.15, -0.1) is 0 Å². The van der Waals surface area contributed by atoms with Crippen molar-refractivity contribution in [1.82, 2.24) is 0 Å². The first-order chi connectivity index (χ1) is 7.23. The normalized spacial score (nSPS) is 14.4. The van der Waals surface area contributed by atoms with Crippen LogP contribution in [-0.2, 0) is 4.79 Å². The molecule has 0 fully saturated rings. The number of hydrogen-bond donors (Lipinski definition) is 1. The lowest BCUT2D eigenvalue weighted by molar-refractivity contribution is -0.136. The number of allylic oxidation sites excluding steroid dienone is 2. The number of aliphatic carboxylic acids is 1. The van der Waals surface area contributed by atoms with Crippen LogP contribution in [0.5, 0.6) is 0 Å². The largest absolute Gasteiger partial charge is 0.481 e. The number of hydrogen-bond acceptors (Lipinski definition) is 2. The lowest BCUT2D eigenvalue weighted by atomic mass is 10.1. The Hall–Kier alpha value is -1.30. The molecule has 0 aromatic rings. The van der Waals surface area contributed by atoms with Gasteiger partial charge in [0.1, 0.15) is 5.17 Å². The minimum atomic E-state index is -4.77. The molecule has 0 atom stereocenters. The lowest BCUT2D eigenvalue weighted by Gasteiger charge is -2.13. The zero-order chi connectivity index (χ0) is 12.9. The standard InChI is InChI=1S/C9H9ClF3NO2/c1-3-5(4-6(15)16)7(8(10)14-2)9(11,12)13/h3H,1,4H2,2H3,(H,15,16)/b7-5-,14-8?. The second-order valence-electron chi connectivity index (χ2n) is 2.69. The van der Waals surface area contributed by atoms with Crippen molar-refractivity contribution in [3.63, 3.8) is 0 Å². The molecule has 0 bridgehead atoms. The van der Waals surface area contributed by atoms with Gasteiger partial charge < -0.3 is 5.11 Å². The summed E-state index contributed by atoms with van der Waals surface area (Å²) < 4.78 is 37.7. The highest BCUT2D eigenvalue weighted by Crippen LogP contribution is 2.32. The van der Waals surface area contributed by atoms with Gasteiger partial charge in [0.15, 0.2) is 0 Å². The van der Waals surface area contributed by atoms with Gasteiger partial charge in [-0.25, -0.2) is 0 Å². The van der Waals surface area contributed by atoms with E-state index in [0.717, 1.165) is 13.1 Å². The van der Waals surface area contributed by atoms with Crippen LogP contribution in [0.1, 0.15) is 6.42 Å². The second kappa shape index (κ2) is 5.69. The average Bonchev–Trinajstić information content (AvgIpc) is 2.13. The molecule has 16 heavy (non-hydrogen) atoms. The Morgan fingerprint density at radius 3 is 2.31 bits per heavy atom. The summed E-state index contributed by atoms with van der Waals surface area (Å²) in [4.78, 5) is 13.6. The number of nitrogens with zero attached hydrogens (tertiary/aromatic N) is 1. The zero-order valence-corrected chi connectivity index (χ0v) is 9.06. The van der Waals surface area contributed by atoms with Crippen molar-refractivity contribution in [2.45, 2.75) is 12.6 Å². The molecule has 0 saturated heterocycles. The van der Waals surface area contributed by atoms with Crippen molar-refractivity contribution in [3.8, 4) is 0 Å². The number of carboxylic acid groups (broad SMARTS) is 1. The Kier molecular flexibility index (Phi) is 5.23. The smallest absolute Gasteiger partial charge is 0.419 e. The molecular formula is C9H9ClF3NO2. The van der Waals surface area contributed by atoms with Crippen molar-refractivity contribution in [1.29, 1.82) is 0 Å². The molecule has 3 nitrogen and oxygen atoms in total. The van der Waals surface area contributed by atoms with E-state index >= 15 is 0 Å². The average molecular weight is 256 g/mol. The zero-order valence-electron chi connectivity index (χ0n) is 8.31. The predicted octanol–water partition coefficient (Wildman–Crippen LogP) is 2.77. The second-order valence-corrected chi connectivity index (χ2v) is 3.05. The van der Waals surface area contributed by atoms with Gasteiger partial charge in [-0.3, -0.25) is 9.79 Å². The fourth-order valence-electron chi connectivity index (χ4n) is 0.969. The number of carbonyl (C=O) groups is 1.